The van der Waals surface area contributed by atoms with Crippen LogP contribution in [0, 0.1) is 0 Å². The minimum Gasteiger partial charge on any atom is -0.486 e. The van der Waals surface area contributed by atoms with Crippen LogP contribution in [0.2, 0.25) is 0 Å². The number of pyridine rings is 1. The molecule has 0 aliphatic heterocycles. The van der Waals surface area contributed by atoms with E-state index in [9.17, 15) is 4.79 Å². The molecule has 3 heteroatoms. The number of hydrogen-bond acceptors (Lipinski definition) is 2. The van der Waals surface area contributed by atoms with E-state index in [2.05, 4.69) is 11.5 Å². The largest absolute Gasteiger partial charge is 0.486 e. The van der Waals surface area contributed by atoms with Gasteiger partial charge in [-0.15, -0.1) is 0 Å². The van der Waals surface area contributed by atoms with Crippen molar-refractivity contribution in [2.45, 2.75) is 19.9 Å². The van der Waals surface area contributed by atoms with Gasteiger partial charge < -0.3 is 4.74 Å². The number of aryl methyl sites for hydroxylation is 1. The van der Waals surface area contributed by atoms with Gasteiger partial charge in [-0.25, -0.2) is 4.57 Å². The number of hydrogen-bond donors (Lipinski definition) is 0. The smallest absolute Gasteiger partial charge is 0.172 e. The van der Waals surface area contributed by atoms with Gasteiger partial charge in [-0.05, 0) is 0 Å². The third kappa shape index (κ3) is 3.23. The van der Waals surface area contributed by atoms with Crippen LogP contribution in [-0.2, 0) is 11.3 Å². The maximum atomic E-state index is 10.0. The zero-order valence-corrected chi connectivity index (χ0v) is 7.77. The highest BCUT2D eigenvalue weighted by atomic mass is 16.5. The second-order valence-electron chi connectivity index (χ2n) is 2.75. The van der Waals surface area contributed by atoms with Gasteiger partial charge in [0.25, 0.3) is 0 Å². The van der Waals surface area contributed by atoms with Gasteiger partial charge in [0.1, 0.15) is 18.9 Å². The molecule has 0 radical (unpaired) electrons. The second kappa shape index (κ2) is 5.30. The van der Waals surface area contributed by atoms with Crippen molar-refractivity contribution in [3.63, 3.8) is 0 Å². The molecule has 0 saturated heterocycles. The lowest BCUT2D eigenvalue weighted by Gasteiger charge is -1.99. The van der Waals surface area contributed by atoms with Crippen LogP contribution in [0.4, 0.5) is 0 Å². The summed E-state index contributed by atoms with van der Waals surface area (Å²) >= 11 is 0. The van der Waals surface area contributed by atoms with Crippen molar-refractivity contribution < 1.29 is 14.1 Å². The van der Waals surface area contributed by atoms with E-state index < -0.39 is 0 Å². The summed E-state index contributed by atoms with van der Waals surface area (Å²) in [6, 6.07) is 3.72. The fourth-order valence-corrected chi connectivity index (χ4v) is 1.08. The van der Waals surface area contributed by atoms with Crippen molar-refractivity contribution in [3.8, 4) is 5.75 Å². The molecule has 3 nitrogen and oxygen atoms in total. The summed E-state index contributed by atoms with van der Waals surface area (Å²) in [7, 11) is 0. The molecule has 70 valence electrons. The minimum absolute atomic E-state index is 0.123. The number of carbonyl (C=O) groups excluding carboxylic acids is 1. The molecule has 1 aromatic rings. The Labute approximate surface area is 78.0 Å². The third-order valence-electron chi connectivity index (χ3n) is 1.66. The van der Waals surface area contributed by atoms with Crippen molar-refractivity contribution in [2.24, 2.45) is 0 Å². The summed E-state index contributed by atoms with van der Waals surface area (Å²) in [5.41, 5.74) is 0. The van der Waals surface area contributed by atoms with E-state index in [1.807, 2.05) is 24.5 Å². The van der Waals surface area contributed by atoms with Gasteiger partial charge in [-0.3, -0.25) is 4.79 Å². The van der Waals surface area contributed by atoms with Crippen LogP contribution < -0.4 is 9.30 Å². The lowest BCUT2D eigenvalue weighted by Crippen LogP contribution is -2.31. The Bertz CT molecular complexity index is 256. The quantitative estimate of drug-likeness (QED) is 0.499. The van der Waals surface area contributed by atoms with Crippen LogP contribution in [0.3, 0.4) is 0 Å². The Morgan fingerprint density at radius 2 is 2.15 bits per heavy atom. The van der Waals surface area contributed by atoms with Crippen LogP contribution in [-0.4, -0.2) is 12.9 Å². The topological polar surface area (TPSA) is 30.2 Å². The molecule has 0 bridgehead atoms. The number of aldehydes is 1. The Hall–Kier alpha value is -1.38. The number of rotatable bonds is 5. The third-order valence-corrected chi connectivity index (χ3v) is 1.66. The van der Waals surface area contributed by atoms with Gasteiger partial charge in [-0.2, -0.15) is 0 Å². The SMILES string of the molecule is CCC[n+]1ccc(OCC=O)cc1. The van der Waals surface area contributed by atoms with Crippen LogP contribution in [0.25, 0.3) is 0 Å². The fraction of sp³-hybridized carbons (Fsp3) is 0.400. The van der Waals surface area contributed by atoms with Gasteiger partial charge in [0.15, 0.2) is 18.7 Å². The van der Waals surface area contributed by atoms with Crippen molar-refractivity contribution in [1.29, 1.82) is 0 Å². The molecule has 0 amide bonds. The molecule has 0 N–H and O–H groups in total. The summed E-state index contributed by atoms with van der Waals surface area (Å²) in [6.07, 6.45) is 5.75. The van der Waals surface area contributed by atoms with Crippen molar-refractivity contribution in [3.05, 3.63) is 24.5 Å². The number of carbonyl (C=O) groups is 1. The number of nitrogens with zero attached hydrogens (tertiary/aromatic N) is 1. The molecule has 1 aromatic heterocycles. The van der Waals surface area contributed by atoms with E-state index in [0.29, 0.717) is 0 Å². The summed E-state index contributed by atoms with van der Waals surface area (Å²) in [5.74, 6) is 0.736. The summed E-state index contributed by atoms with van der Waals surface area (Å²) < 4.78 is 7.18. The molecule has 0 aliphatic carbocycles. The highest BCUT2D eigenvalue weighted by molar-refractivity contribution is 5.51. The Kier molecular flexibility index (Phi) is 3.96. The van der Waals surface area contributed by atoms with Crippen molar-refractivity contribution >= 4 is 6.29 Å². The van der Waals surface area contributed by atoms with Gasteiger partial charge in [0.05, 0.1) is 0 Å². The van der Waals surface area contributed by atoms with E-state index in [4.69, 9.17) is 4.74 Å². The monoisotopic (exact) mass is 180 g/mol. The predicted molar refractivity (Wildman–Crippen MR) is 48.5 cm³/mol. The normalized spacial score (nSPS) is 9.62. The molecule has 0 unspecified atom stereocenters. The van der Waals surface area contributed by atoms with E-state index >= 15 is 0 Å². The maximum Gasteiger partial charge on any atom is 0.172 e. The first-order valence-corrected chi connectivity index (χ1v) is 4.42. The standard InChI is InChI=1S/C10H14NO2/c1-2-5-11-6-3-10(4-7-11)13-9-8-12/h3-4,6-8H,2,5,9H2,1H3/q+1. The minimum atomic E-state index is 0.123. The first-order valence-electron chi connectivity index (χ1n) is 4.42. The van der Waals surface area contributed by atoms with Gasteiger partial charge in [0, 0.05) is 18.6 Å². The van der Waals surface area contributed by atoms with E-state index in [1.54, 1.807) is 0 Å². The lowest BCUT2D eigenvalue weighted by molar-refractivity contribution is -0.697. The predicted octanol–water partition coefficient (Wildman–Crippen LogP) is 0.962. The lowest BCUT2D eigenvalue weighted by atomic mass is 10.4. The van der Waals surface area contributed by atoms with Crippen LogP contribution in [0.15, 0.2) is 24.5 Å². The first kappa shape index (κ1) is 9.71. The summed E-state index contributed by atoms with van der Waals surface area (Å²) in [4.78, 5) is 10.0. The molecule has 0 fully saturated rings. The van der Waals surface area contributed by atoms with Crippen LogP contribution in [0.5, 0.6) is 5.75 Å². The molecule has 0 spiro atoms. The van der Waals surface area contributed by atoms with Gasteiger partial charge in [0.2, 0.25) is 0 Å². The summed E-state index contributed by atoms with van der Waals surface area (Å²) in [6.45, 7) is 3.26. The van der Waals surface area contributed by atoms with Crippen LogP contribution in [0.1, 0.15) is 13.3 Å². The Morgan fingerprint density at radius 1 is 1.46 bits per heavy atom. The second-order valence-corrected chi connectivity index (χ2v) is 2.75. The van der Waals surface area contributed by atoms with Gasteiger partial charge >= 0.3 is 0 Å². The molecular formula is C10H14NO2+. The van der Waals surface area contributed by atoms with Crippen molar-refractivity contribution in [1.82, 2.24) is 0 Å². The molecule has 0 saturated carbocycles. The zero-order chi connectivity index (χ0) is 9.52. The first-order chi connectivity index (χ1) is 6.36. The Morgan fingerprint density at radius 3 is 2.69 bits per heavy atom. The van der Waals surface area contributed by atoms with Crippen LogP contribution >= 0.6 is 0 Å². The van der Waals surface area contributed by atoms with E-state index in [-0.39, 0.29) is 6.61 Å². The highest BCUT2D eigenvalue weighted by Crippen LogP contribution is 2.04. The maximum absolute atomic E-state index is 10.0. The molecular weight excluding hydrogens is 166 g/mol. The average molecular weight is 180 g/mol. The Balaban J connectivity index is 2.53. The zero-order valence-electron chi connectivity index (χ0n) is 7.77. The molecule has 0 atom stereocenters. The average Bonchev–Trinajstić information content (AvgIpc) is 2.17. The fourth-order valence-electron chi connectivity index (χ4n) is 1.08. The van der Waals surface area contributed by atoms with E-state index in [1.165, 1.54) is 0 Å². The molecule has 0 aliphatic rings. The van der Waals surface area contributed by atoms with E-state index in [0.717, 1.165) is 25.0 Å². The number of ether oxygens (including phenoxy) is 1. The number of aromatic nitrogens is 1. The molecule has 1 rings (SSSR count). The van der Waals surface area contributed by atoms with Crippen molar-refractivity contribution in [2.75, 3.05) is 6.61 Å². The molecule has 0 aromatic carbocycles. The summed E-state index contributed by atoms with van der Waals surface area (Å²) in [5, 5.41) is 0. The van der Waals surface area contributed by atoms with Gasteiger partial charge in [-0.1, -0.05) is 6.92 Å². The molecule has 1 heterocycles. The highest BCUT2D eigenvalue weighted by Gasteiger charge is 1.98. The molecule has 13 heavy (non-hydrogen) atoms.